The Hall–Kier alpha value is -1.69. The van der Waals surface area contributed by atoms with Crippen molar-refractivity contribution in [1.29, 1.82) is 0 Å². The van der Waals surface area contributed by atoms with Gasteiger partial charge in [-0.25, -0.2) is 16.8 Å². The molecule has 0 atom stereocenters. The fourth-order valence-corrected chi connectivity index (χ4v) is 7.55. The van der Waals surface area contributed by atoms with E-state index in [0.717, 1.165) is 44.5 Å². The number of ether oxygens (including phenoxy) is 1. The van der Waals surface area contributed by atoms with Crippen molar-refractivity contribution in [3.63, 3.8) is 0 Å². The smallest absolute Gasteiger partial charge is 0.243 e. The van der Waals surface area contributed by atoms with Gasteiger partial charge in [-0.05, 0) is 62.7 Å². The summed E-state index contributed by atoms with van der Waals surface area (Å²) in [5.74, 6) is 0.536. The van der Waals surface area contributed by atoms with Crippen LogP contribution in [0.3, 0.4) is 0 Å². The monoisotopic (exact) mass is 557 g/mol. The standard InChI is InChI=1S/C25H35N3O5S2.ClH/c1-33-23-8-5-9-24(19-23)35(31,32)28-14-6-13-27(17-18-28)22-11-15-26(16-12-22)20-21-7-3-4-10-25(21)34(2,29)30;/h3-5,7-10,19,22H,6,11-18,20H2,1-2H3;1H. The summed E-state index contributed by atoms with van der Waals surface area (Å²) in [5, 5.41) is 0. The van der Waals surface area contributed by atoms with Gasteiger partial charge in [0.15, 0.2) is 9.84 Å². The number of piperidine rings is 1. The summed E-state index contributed by atoms with van der Waals surface area (Å²) >= 11 is 0. The van der Waals surface area contributed by atoms with Gasteiger partial charge in [-0.2, -0.15) is 4.31 Å². The molecule has 0 radical (unpaired) electrons. The molecular formula is C25H36ClN3O5S2. The molecule has 2 aliphatic heterocycles. The van der Waals surface area contributed by atoms with Gasteiger partial charge in [0.2, 0.25) is 10.0 Å². The molecule has 2 aliphatic rings. The molecule has 8 nitrogen and oxygen atoms in total. The molecule has 0 N–H and O–H groups in total. The van der Waals surface area contributed by atoms with Crippen LogP contribution in [0.1, 0.15) is 24.8 Å². The lowest BCUT2D eigenvalue weighted by atomic mass is 10.0. The van der Waals surface area contributed by atoms with Gasteiger partial charge in [-0.15, -0.1) is 12.4 Å². The maximum absolute atomic E-state index is 13.2. The maximum atomic E-state index is 13.2. The highest BCUT2D eigenvalue weighted by atomic mass is 35.5. The number of nitrogens with zero attached hydrogens (tertiary/aromatic N) is 3. The van der Waals surface area contributed by atoms with Crippen LogP contribution in [0.2, 0.25) is 0 Å². The Morgan fingerprint density at radius 3 is 2.31 bits per heavy atom. The lowest BCUT2D eigenvalue weighted by molar-refractivity contribution is 0.108. The average molecular weight is 558 g/mol. The second kappa shape index (κ2) is 12.2. The van der Waals surface area contributed by atoms with Gasteiger partial charge < -0.3 is 4.74 Å². The quantitative estimate of drug-likeness (QED) is 0.517. The summed E-state index contributed by atoms with van der Waals surface area (Å²) in [4.78, 5) is 5.43. The Morgan fingerprint density at radius 1 is 0.889 bits per heavy atom. The lowest BCUT2D eigenvalue weighted by Crippen LogP contribution is -2.46. The normalized spacial score (nSPS) is 19.4. The van der Waals surface area contributed by atoms with Crippen LogP contribution in [0.4, 0.5) is 0 Å². The van der Waals surface area contributed by atoms with Crippen LogP contribution < -0.4 is 4.74 Å². The predicted molar refractivity (Wildman–Crippen MR) is 143 cm³/mol. The number of hydrogen-bond acceptors (Lipinski definition) is 7. The fourth-order valence-electron chi connectivity index (χ4n) is 5.11. The Balaban J connectivity index is 0.00000361. The highest BCUT2D eigenvalue weighted by Gasteiger charge is 2.31. The third-order valence-electron chi connectivity index (χ3n) is 7.01. The van der Waals surface area contributed by atoms with Gasteiger partial charge in [-0.1, -0.05) is 24.3 Å². The second-order valence-corrected chi connectivity index (χ2v) is 13.3. The van der Waals surface area contributed by atoms with Crippen molar-refractivity contribution in [1.82, 2.24) is 14.1 Å². The van der Waals surface area contributed by atoms with Crippen LogP contribution in [0, 0.1) is 0 Å². The van der Waals surface area contributed by atoms with Gasteiger partial charge in [0.25, 0.3) is 0 Å². The Kier molecular flexibility index (Phi) is 9.81. The van der Waals surface area contributed by atoms with Crippen molar-refractivity contribution in [3.8, 4) is 5.75 Å². The van der Waals surface area contributed by atoms with Gasteiger partial charge in [0, 0.05) is 44.5 Å². The Morgan fingerprint density at radius 2 is 1.61 bits per heavy atom. The number of benzene rings is 2. The molecule has 0 amide bonds. The Labute approximate surface area is 221 Å². The van der Waals surface area contributed by atoms with Crippen LogP contribution in [0.25, 0.3) is 0 Å². The molecule has 2 fully saturated rings. The number of sulfonamides is 1. The van der Waals surface area contributed by atoms with E-state index in [4.69, 9.17) is 4.74 Å². The van der Waals surface area contributed by atoms with Crippen LogP contribution >= 0.6 is 12.4 Å². The third kappa shape index (κ3) is 6.79. The van der Waals surface area contributed by atoms with Gasteiger partial charge in [-0.3, -0.25) is 9.80 Å². The number of methoxy groups -OCH3 is 1. The Bertz CT molecular complexity index is 1230. The summed E-state index contributed by atoms with van der Waals surface area (Å²) in [5.41, 5.74) is 0.849. The average Bonchev–Trinajstić information content (AvgIpc) is 3.11. The molecule has 0 saturated carbocycles. The third-order valence-corrected chi connectivity index (χ3v) is 10.1. The van der Waals surface area contributed by atoms with Crippen LogP contribution in [0.5, 0.6) is 5.75 Å². The summed E-state index contributed by atoms with van der Waals surface area (Å²) in [6.07, 6.45) is 4.04. The van der Waals surface area contributed by atoms with E-state index in [0.29, 0.717) is 42.9 Å². The van der Waals surface area contributed by atoms with Gasteiger partial charge >= 0.3 is 0 Å². The fraction of sp³-hybridized carbons (Fsp3) is 0.520. The first-order chi connectivity index (χ1) is 16.7. The molecular weight excluding hydrogens is 522 g/mol. The van der Waals surface area contributed by atoms with E-state index in [9.17, 15) is 16.8 Å². The largest absolute Gasteiger partial charge is 0.497 e. The van der Waals surface area contributed by atoms with Crippen molar-refractivity contribution in [2.24, 2.45) is 0 Å². The molecule has 0 aliphatic carbocycles. The van der Waals surface area contributed by atoms with Crippen molar-refractivity contribution < 1.29 is 21.6 Å². The van der Waals surface area contributed by atoms with E-state index in [2.05, 4.69) is 9.80 Å². The molecule has 0 unspecified atom stereocenters. The minimum atomic E-state index is -3.56. The van der Waals surface area contributed by atoms with E-state index in [1.807, 2.05) is 12.1 Å². The van der Waals surface area contributed by atoms with E-state index in [-0.39, 0.29) is 17.3 Å². The minimum absolute atomic E-state index is 0. The first kappa shape index (κ1) is 28.9. The van der Waals surface area contributed by atoms with Crippen molar-refractivity contribution in [2.45, 2.75) is 41.6 Å². The predicted octanol–water partition coefficient (Wildman–Crippen LogP) is 2.88. The molecule has 2 aromatic carbocycles. The molecule has 200 valence electrons. The molecule has 4 rings (SSSR count). The molecule has 0 bridgehead atoms. The van der Waals surface area contributed by atoms with E-state index in [1.54, 1.807) is 40.7 Å². The molecule has 2 aromatic rings. The van der Waals surface area contributed by atoms with E-state index < -0.39 is 19.9 Å². The maximum Gasteiger partial charge on any atom is 0.243 e. The molecule has 2 saturated heterocycles. The summed E-state index contributed by atoms with van der Waals surface area (Å²) in [7, 11) is -5.28. The molecule has 2 heterocycles. The number of sulfone groups is 1. The number of likely N-dealkylation sites (tertiary alicyclic amines) is 1. The number of hydrogen-bond donors (Lipinski definition) is 0. The molecule has 0 spiro atoms. The summed E-state index contributed by atoms with van der Waals surface area (Å²) in [6.45, 7) is 4.99. The zero-order valence-electron chi connectivity index (χ0n) is 20.9. The van der Waals surface area contributed by atoms with Crippen LogP contribution in [0.15, 0.2) is 58.3 Å². The highest BCUT2D eigenvalue weighted by Crippen LogP contribution is 2.25. The van der Waals surface area contributed by atoms with Crippen LogP contribution in [-0.2, 0) is 26.4 Å². The van der Waals surface area contributed by atoms with Crippen LogP contribution in [-0.4, -0.2) is 89.6 Å². The van der Waals surface area contributed by atoms with Crippen molar-refractivity contribution in [3.05, 3.63) is 54.1 Å². The van der Waals surface area contributed by atoms with E-state index in [1.165, 1.54) is 13.4 Å². The SMILES string of the molecule is COc1cccc(S(=O)(=O)N2CCCN(C3CCN(Cc4ccccc4S(C)(=O)=O)CC3)CC2)c1.Cl. The molecule has 0 aromatic heterocycles. The summed E-state index contributed by atoms with van der Waals surface area (Å²) < 4.78 is 57.5. The van der Waals surface area contributed by atoms with Crippen molar-refractivity contribution >= 4 is 32.3 Å². The first-order valence-corrected chi connectivity index (χ1v) is 15.4. The number of halogens is 1. The topological polar surface area (TPSA) is 87.2 Å². The zero-order chi connectivity index (χ0) is 25.1. The molecule has 36 heavy (non-hydrogen) atoms. The first-order valence-electron chi connectivity index (χ1n) is 12.1. The van der Waals surface area contributed by atoms with E-state index >= 15 is 0 Å². The molecule has 11 heteroatoms. The summed E-state index contributed by atoms with van der Waals surface area (Å²) in [6, 6.07) is 14.3. The second-order valence-electron chi connectivity index (χ2n) is 9.36. The minimum Gasteiger partial charge on any atom is -0.497 e. The highest BCUT2D eigenvalue weighted by molar-refractivity contribution is 7.90. The van der Waals surface area contributed by atoms with Gasteiger partial charge in [0.1, 0.15) is 5.75 Å². The zero-order valence-corrected chi connectivity index (χ0v) is 23.3. The van der Waals surface area contributed by atoms with Crippen molar-refractivity contribution in [2.75, 3.05) is 52.6 Å². The number of rotatable bonds is 7. The lowest BCUT2D eigenvalue weighted by Gasteiger charge is -2.38. The van der Waals surface area contributed by atoms with Gasteiger partial charge in [0.05, 0.1) is 16.9 Å².